The summed E-state index contributed by atoms with van der Waals surface area (Å²) in [5.74, 6) is -0.237. The minimum Gasteiger partial charge on any atom is -0.383 e. The first-order valence-electron chi connectivity index (χ1n) is 5.17. The normalized spacial score (nSPS) is 12.5. The molecule has 0 radical (unpaired) electrons. The van der Waals surface area contributed by atoms with E-state index >= 15 is 0 Å². The van der Waals surface area contributed by atoms with Crippen molar-refractivity contribution in [2.24, 2.45) is 5.73 Å². The Morgan fingerprint density at radius 2 is 2.31 bits per heavy atom. The van der Waals surface area contributed by atoms with E-state index in [-0.39, 0.29) is 11.9 Å². The zero-order chi connectivity index (χ0) is 12.0. The molecule has 1 atom stereocenters. The van der Waals surface area contributed by atoms with Gasteiger partial charge in [-0.15, -0.1) is 0 Å². The summed E-state index contributed by atoms with van der Waals surface area (Å²) < 4.78 is 18.7. The van der Waals surface area contributed by atoms with E-state index in [0.717, 1.165) is 0 Å². The molecule has 1 aromatic rings. The van der Waals surface area contributed by atoms with Gasteiger partial charge in [-0.1, -0.05) is 6.92 Å². The Bertz CT molecular complexity index is 335. The lowest BCUT2D eigenvalue weighted by Crippen LogP contribution is -2.33. The fourth-order valence-electron chi connectivity index (χ4n) is 1.32. The van der Waals surface area contributed by atoms with E-state index in [4.69, 9.17) is 10.5 Å². The number of anilines is 1. The molecule has 0 amide bonds. The number of methoxy groups -OCH3 is 1. The summed E-state index contributed by atoms with van der Waals surface area (Å²) in [6, 6.07) is -0.154. The van der Waals surface area contributed by atoms with Crippen LogP contribution in [0.1, 0.15) is 12.6 Å². The summed E-state index contributed by atoms with van der Waals surface area (Å²) in [4.78, 5) is 7.70. The van der Waals surface area contributed by atoms with Gasteiger partial charge in [-0.05, 0) is 6.42 Å². The second-order valence-electron chi connectivity index (χ2n) is 3.37. The van der Waals surface area contributed by atoms with Crippen LogP contribution in [-0.4, -0.2) is 36.3 Å². The molecule has 0 bridgehead atoms. The maximum atomic E-state index is 13.7. The number of nitrogens with zero attached hydrogens (tertiary/aromatic N) is 2. The number of nitrogens with two attached hydrogens (primary N) is 1. The van der Waals surface area contributed by atoms with E-state index in [1.165, 1.54) is 6.33 Å². The lowest BCUT2D eigenvalue weighted by atomic mass is 10.2. The SMILES string of the molecule is CCc1ncnc(NC(CN)COC)c1F. The quantitative estimate of drug-likeness (QED) is 0.744. The number of nitrogens with one attached hydrogen (secondary N) is 1. The molecule has 0 aliphatic carbocycles. The van der Waals surface area contributed by atoms with Gasteiger partial charge >= 0.3 is 0 Å². The first-order chi connectivity index (χ1) is 7.72. The Hall–Kier alpha value is -1.27. The Morgan fingerprint density at radius 3 is 2.88 bits per heavy atom. The third kappa shape index (κ3) is 3.11. The van der Waals surface area contributed by atoms with Gasteiger partial charge in [-0.3, -0.25) is 0 Å². The van der Waals surface area contributed by atoms with E-state index in [1.807, 2.05) is 6.92 Å². The smallest absolute Gasteiger partial charge is 0.186 e. The molecule has 16 heavy (non-hydrogen) atoms. The van der Waals surface area contributed by atoms with E-state index < -0.39 is 5.82 Å². The van der Waals surface area contributed by atoms with Crippen LogP contribution in [-0.2, 0) is 11.2 Å². The van der Waals surface area contributed by atoms with Gasteiger partial charge in [0.1, 0.15) is 6.33 Å². The molecule has 0 aliphatic heterocycles. The number of aromatic nitrogens is 2. The molecule has 1 rings (SSSR count). The fourth-order valence-corrected chi connectivity index (χ4v) is 1.32. The molecule has 0 aromatic carbocycles. The zero-order valence-electron chi connectivity index (χ0n) is 9.53. The predicted octanol–water partition coefficient (Wildman–Crippen LogP) is 0.564. The lowest BCUT2D eigenvalue weighted by molar-refractivity contribution is 0.187. The highest BCUT2D eigenvalue weighted by atomic mass is 19.1. The van der Waals surface area contributed by atoms with Gasteiger partial charge in [0.15, 0.2) is 11.6 Å². The Kier molecular flexibility index (Phi) is 5.07. The minimum atomic E-state index is -0.417. The number of aryl methyl sites for hydroxylation is 1. The van der Waals surface area contributed by atoms with Crippen molar-refractivity contribution in [3.05, 3.63) is 17.8 Å². The second-order valence-corrected chi connectivity index (χ2v) is 3.37. The molecular formula is C10H17FN4O. The molecular weight excluding hydrogens is 211 g/mol. The lowest BCUT2D eigenvalue weighted by Gasteiger charge is -2.17. The van der Waals surface area contributed by atoms with Crippen molar-refractivity contribution in [2.75, 3.05) is 25.6 Å². The molecule has 6 heteroatoms. The molecule has 0 aliphatic rings. The largest absolute Gasteiger partial charge is 0.383 e. The van der Waals surface area contributed by atoms with Crippen molar-refractivity contribution in [3.8, 4) is 0 Å². The van der Waals surface area contributed by atoms with Crippen LogP contribution in [0.4, 0.5) is 10.2 Å². The van der Waals surface area contributed by atoms with Crippen molar-refractivity contribution in [2.45, 2.75) is 19.4 Å². The number of halogens is 1. The van der Waals surface area contributed by atoms with Crippen molar-refractivity contribution in [3.63, 3.8) is 0 Å². The van der Waals surface area contributed by atoms with Crippen LogP contribution >= 0.6 is 0 Å². The summed E-state index contributed by atoms with van der Waals surface area (Å²) in [5, 5.41) is 2.90. The minimum absolute atomic E-state index is 0.154. The first kappa shape index (κ1) is 12.8. The van der Waals surface area contributed by atoms with Gasteiger partial charge in [-0.25, -0.2) is 14.4 Å². The average Bonchev–Trinajstić information content (AvgIpc) is 2.31. The van der Waals surface area contributed by atoms with Crippen molar-refractivity contribution < 1.29 is 9.13 Å². The van der Waals surface area contributed by atoms with E-state index in [2.05, 4.69) is 15.3 Å². The molecule has 0 saturated carbocycles. The topological polar surface area (TPSA) is 73.1 Å². The molecule has 0 fully saturated rings. The Morgan fingerprint density at radius 1 is 1.56 bits per heavy atom. The van der Waals surface area contributed by atoms with Crippen LogP contribution in [0, 0.1) is 5.82 Å². The number of rotatable bonds is 6. The molecule has 1 heterocycles. The van der Waals surface area contributed by atoms with E-state index in [1.54, 1.807) is 7.11 Å². The third-order valence-corrected chi connectivity index (χ3v) is 2.19. The molecule has 5 nitrogen and oxygen atoms in total. The van der Waals surface area contributed by atoms with Gasteiger partial charge in [0.05, 0.1) is 18.3 Å². The first-order valence-corrected chi connectivity index (χ1v) is 5.17. The highest BCUT2D eigenvalue weighted by molar-refractivity contribution is 5.38. The summed E-state index contributed by atoms with van der Waals surface area (Å²) in [7, 11) is 1.57. The summed E-state index contributed by atoms with van der Waals surface area (Å²) in [6.45, 7) is 2.59. The molecule has 1 aromatic heterocycles. The van der Waals surface area contributed by atoms with Gasteiger partial charge in [0, 0.05) is 13.7 Å². The molecule has 0 saturated heterocycles. The predicted molar refractivity (Wildman–Crippen MR) is 59.7 cm³/mol. The maximum Gasteiger partial charge on any atom is 0.186 e. The standard InChI is InChI=1S/C10H17FN4O/c1-3-8-9(11)10(14-6-13-8)15-7(4-12)5-16-2/h6-7H,3-5,12H2,1-2H3,(H,13,14,15). The van der Waals surface area contributed by atoms with Crippen LogP contribution < -0.4 is 11.1 Å². The maximum absolute atomic E-state index is 13.7. The van der Waals surface area contributed by atoms with Crippen LogP contribution in [0.25, 0.3) is 0 Å². The second kappa shape index (κ2) is 6.34. The zero-order valence-corrected chi connectivity index (χ0v) is 9.53. The van der Waals surface area contributed by atoms with Gasteiger partial charge in [-0.2, -0.15) is 0 Å². The van der Waals surface area contributed by atoms with Gasteiger partial charge in [0.25, 0.3) is 0 Å². The Labute approximate surface area is 94.2 Å². The van der Waals surface area contributed by atoms with E-state index in [9.17, 15) is 4.39 Å². The highest BCUT2D eigenvalue weighted by Gasteiger charge is 2.13. The Balaban J connectivity index is 2.79. The average molecular weight is 228 g/mol. The van der Waals surface area contributed by atoms with Crippen molar-refractivity contribution >= 4 is 5.82 Å². The van der Waals surface area contributed by atoms with Crippen LogP contribution in [0.3, 0.4) is 0 Å². The molecule has 0 spiro atoms. The van der Waals surface area contributed by atoms with Crippen LogP contribution in [0.15, 0.2) is 6.33 Å². The van der Waals surface area contributed by atoms with Gasteiger partial charge in [0.2, 0.25) is 0 Å². The van der Waals surface area contributed by atoms with Crippen LogP contribution in [0.5, 0.6) is 0 Å². The molecule has 90 valence electrons. The number of hydrogen-bond acceptors (Lipinski definition) is 5. The highest BCUT2D eigenvalue weighted by Crippen LogP contribution is 2.13. The number of hydrogen-bond donors (Lipinski definition) is 2. The summed E-state index contributed by atoms with van der Waals surface area (Å²) >= 11 is 0. The molecule has 3 N–H and O–H groups in total. The van der Waals surface area contributed by atoms with E-state index in [0.29, 0.717) is 25.3 Å². The summed E-state index contributed by atoms with van der Waals surface area (Å²) in [5.41, 5.74) is 5.91. The number of ether oxygens (including phenoxy) is 1. The molecule has 1 unspecified atom stereocenters. The summed E-state index contributed by atoms with van der Waals surface area (Å²) in [6.07, 6.45) is 1.87. The van der Waals surface area contributed by atoms with Crippen LogP contribution in [0.2, 0.25) is 0 Å². The van der Waals surface area contributed by atoms with Gasteiger partial charge < -0.3 is 15.8 Å². The fraction of sp³-hybridized carbons (Fsp3) is 0.600. The van der Waals surface area contributed by atoms with Crippen molar-refractivity contribution in [1.82, 2.24) is 9.97 Å². The monoisotopic (exact) mass is 228 g/mol. The van der Waals surface area contributed by atoms with Crippen molar-refractivity contribution in [1.29, 1.82) is 0 Å². The third-order valence-electron chi connectivity index (χ3n) is 2.19.